The summed E-state index contributed by atoms with van der Waals surface area (Å²) in [7, 11) is 0. The number of hydrogen-bond acceptors (Lipinski definition) is 3. The average molecular weight is 235 g/mol. The van der Waals surface area contributed by atoms with Crippen molar-refractivity contribution < 1.29 is 4.79 Å². The molecule has 1 aromatic rings. The zero-order valence-electron chi connectivity index (χ0n) is 6.41. The van der Waals surface area contributed by atoms with Crippen molar-refractivity contribution in [3.63, 3.8) is 0 Å². The van der Waals surface area contributed by atoms with E-state index in [0.717, 1.165) is 0 Å². The normalized spacial score (nSPS) is 8.54. The Morgan fingerprint density at radius 1 is 1.38 bits per heavy atom. The van der Waals surface area contributed by atoms with E-state index in [1.54, 1.807) is 6.07 Å². The number of nitriles is 2. The summed E-state index contributed by atoms with van der Waals surface area (Å²) in [5, 5.41) is 17.0. The first kappa shape index (κ1) is 9.44. The molecule has 0 fully saturated rings. The predicted molar refractivity (Wildman–Crippen MR) is 48.8 cm³/mol. The third-order valence-electron chi connectivity index (χ3n) is 1.45. The Balaban J connectivity index is 3.33. The van der Waals surface area contributed by atoms with Gasteiger partial charge in [-0.25, -0.2) is 0 Å². The molecule has 0 amide bonds. The van der Waals surface area contributed by atoms with E-state index < -0.39 is 5.78 Å². The summed E-state index contributed by atoms with van der Waals surface area (Å²) in [5.41, 5.74) is 0.356. The number of nitrogens with zero attached hydrogens (tertiary/aromatic N) is 2. The van der Waals surface area contributed by atoms with Gasteiger partial charge >= 0.3 is 0 Å². The van der Waals surface area contributed by atoms with Crippen LogP contribution in [0.25, 0.3) is 0 Å². The molecule has 0 saturated carbocycles. The Hall–Kier alpha value is -1.65. The first-order valence-corrected chi connectivity index (χ1v) is 4.12. The second-order valence-electron chi connectivity index (χ2n) is 2.24. The highest BCUT2D eigenvalue weighted by atomic mass is 79.9. The van der Waals surface area contributed by atoms with E-state index in [4.69, 9.17) is 10.5 Å². The lowest BCUT2D eigenvalue weighted by Crippen LogP contribution is -1.98. The second kappa shape index (κ2) is 3.84. The highest BCUT2D eigenvalue weighted by Crippen LogP contribution is 2.16. The van der Waals surface area contributed by atoms with E-state index in [1.807, 2.05) is 6.07 Å². The molecule has 0 N–H and O–H groups in total. The summed E-state index contributed by atoms with van der Waals surface area (Å²) in [6.45, 7) is 0. The largest absolute Gasteiger partial charge is 0.277 e. The van der Waals surface area contributed by atoms with Crippen LogP contribution in [0.2, 0.25) is 0 Å². The highest BCUT2D eigenvalue weighted by molar-refractivity contribution is 9.10. The maximum Gasteiger partial charge on any atom is 0.263 e. The van der Waals surface area contributed by atoms with Gasteiger partial charge < -0.3 is 0 Å². The zero-order chi connectivity index (χ0) is 9.84. The lowest BCUT2D eigenvalue weighted by atomic mass is 10.1. The van der Waals surface area contributed by atoms with E-state index in [2.05, 4.69) is 15.9 Å². The fourth-order valence-corrected chi connectivity index (χ4v) is 1.23. The molecule has 0 unspecified atom stereocenters. The van der Waals surface area contributed by atoms with Crippen LogP contribution in [0.15, 0.2) is 22.7 Å². The Labute approximate surface area is 83.3 Å². The van der Waals surface area contributed by atoms with Crippen molar-refractivity contribution in [2.45, 2.75) is 0 Å². The van der Waals surface area contributed by atoms with Gasteiger partial charge in [0.25, 0.3) is 5.78 Å². The first-order valence-electron chi connectivity index (χ1n) is 3.33. The molecule has 0 radical (unpaired) electrons. The minimum absolute atomic E-state index is 0.146. The van der Waals surface area contributed by atoms with Gasteiger partial charge in [0.15, 0.2) is 0 Å². The van der Waals surface area contributed by atoms with Crippen molar-refractivity contribution in [2.24, 2.45) is 0 Å². The quantitative estimate of drug-likeness (QED) is 0.552. The summed E-state index contributed by atoms with van der Waals surface area (Å²) in [6, 6.07) is 7.89. The minimum atomic E-state index is -0.691. The van der Waals surface area contributed by atoms with Crippen molar-refractivity contribution >= 4 is 21.7 Å². The molecule has 1 rings (SSSR count). The molecule has 13 heavy (non-hydrogen) atoms. The maximum atomic E-state index is 11.0. The van der Waals surface area contributed by atoms with Crippen molar-refractivity contribution in [1.29, 1.82) is 10.5 Å². The lowest BCUT2D eigenvalue weighted by Gasteiger charge is -1.96. The van der Waals surface area contributed by atoms with Crippen LogP contribution in [0.1, 0.15) is 15.9 Å². The fourth-order valence-electron chi connectivity index (χ4n) is 0.867. The molecular formula is C9H3BrN2O. The molecule has 1 aromatic carbocycles. The van der Waals surface area contributed by atoms with Gasteiger partial charge in [0, 0.05) is 4.47 Å². The third-order valence-corrected chi connectivity index (χ3v) is 1.94. The van der Waals surface area contributed by atoms with Gasteiger partial charge in [0.05, 0.1) is 17.2 Å². The highest BCUT2D eigenvalue weighted by Gasteiger charge is 2.09. The topological polar surface area (TPSA) is 64.7 Å². The van der Waals surface area contributed by atoms with Crippen molar-refractivity contribution in [1.82, 2.24) is 0 Å². The van der Waals surface area contributed by atoms with Crippen LogP contribution >= 0.6 is 15.9 Å². The van der Waals surface area contributed by atoms with E-state index in [1.165, 1.54) is 18.2 Å². The monoisotopic (exact) mass is 234 g/mol. The molecule has 0 aliphatic carbocycles. The second-order valence-corrected chi connectivity index (χ2v) is 3.16. The number of halogens is 1. The summed E-state index contributed by atoms with van der Waals surface area (Å²) in [5.74, 6) is -0.691. The zero-order valence-corrected chi connectivity index (χ0v) is 8.00. The standard InChI is InChI=1S/C9H3BrN2O/c10-7-1-2-8(9(13)5-12)6(3-7)4-11/h1-3H. The molecule has 0 aromatic heterocycles. The van der Waals surface area contributed by atoms with Gasteiger partial charge in [-0.2, -0.15) is 10.5 Å². The SMILES string of the molecule is N#CC(=O)c1ccc(Br)cc1C#N. The van der Waals surface area contributed by atoms with Crippen molar-refractivity contribution in [3.8, 4) is 12.1 Å². The van der Waals surface area contributed by atoms with Crippen molar-refractivity contribution in [2.75, 3.05) is 0 Å². The van der Waals surface area contributed by atoms with Gasteiger partial charge in [-0.05, 0) is 18.2 Å². The number of carbonyl (C=O) groups excluding carboxylic acids is 1. The summed E-state index contributed by atoms with van der Waals surface area (Å²) < 4.78 is 0.707. The van der Waals surface area contributed by atoms with Crippen molar-refractivity contribution in [3.05, 3.63) is 33.8 Å². The van der Waals surface area contributed by atoms with E-state index in [9.17, 15) is 4.79 Å². The van der Waals surface area contributed by atoms with Crippen LogP contribution in [-0.4, -0.2) is 5.78 Å². The molecular weight excluding hydrogens is 232 g/mol. The minimum Gasteiger partial charge on any atom is -0.277 e. The van der Waals surface area contributed by atoms with E-state index in [0.29, 0.717) is 4.47 Å². The molecule has 62 valence electrons. The van der Waals surface area contributed by atoms with Crippen LogP contribution in [0.3, 0.4) is 0 Å². The van der Waals surface area contributed by atoms with Crippen LogP contribution < -0.4 is 0 Å². The maximum absolute atomic E-state index is 11.0. The van der Waals surface area contributed by atoms with Crippen LogP contribution in [0, 0.1) is 22.7 Å². The fraction of sp³-hybridized carbons (Fsp3) is 0. The number of benzene rings is 1. The average Bonchev–Trinajstić information content (AvgIpc) is 2.16. The smallest absolute Gasteiger partial charge is 0.263 e. The van der Waals surface area contributed by atoms with Gasteiger partial charge in [-0.1, -0.05) is 15.9 Å². The molecule has 0 atom stereocenters. The summed E-state index contributed by atoms with van der Waals surface area (Å²) >= 11 is 3.16. The lowest BCUT2D eigenvalue weighted by molar-refractivity contribution is 0.105. The van der Waals surface area contributed by atoms with Crippen LogP contribution in [0.4, 0.5) is 0 Å². The summed E-state index contributed by atoms with van der Waals surface area (Å²) in [6.07, 6.45) is 0. The van der Waals surface area contributed by atoms with Crippen LogP contribution in [0.5, 0.6) is 0 Å². The van der Waals surface area contributed by atoms with Gasteiger partial charge in [0.1, 0.15) is 6.07 Å². The van der Waals surface area contributed by atoms with Crippen LogP contribution in [-0.2, 0) is 0 Å². The Morgan fingerprint density at radius 3 is 2.62 bits per heavy atom. The molecule has 3 nitrogen and oxygen atoms in total. The Bertz CT molecular complexity index is 440. The number of rotatable bonds is 1. The molecule has 0 aliphatic rings. The van der Waals surface area contributed by atoms with E-state index in [-0.39, 0.29) is 11.1 Å². The number of carbonyl (C=O) groups is 1. The molecule has 0 bridgehead atoms. The number of hydrogen-bond donors (Lipinski definition) is 0. The molecule has 0 spiro atoms. The van der Waals surface area contributed by atoms with E-state index >= 15 is 0 Å². The van der Waals surface area contributed by atoms with Gasteiger partial charge in [-0.3, -0.25) is 4.79 Å². The first-order chi connectivity index (χ1) is 6.19. The number of ketones is 1. The predicted octanol–water partition coefficient (Wildman–Crippen LogP) is 2.03. The summed E-state index contributed by atoms with van der Waals surface area (Å²) in [4.78, 5) is 11.0. The Kier molecular flexibility index (Phi) is 2.79. The number of Topliss-reactive ketones (excluding diaryl/α,β-unsaturated/α-hetero) is 1. The van der Waals surface area contributed by atoms with Gasteiger partial charge in [-0.15, -0.1) is 0 Å². The molecule has 0 aliphatic heterocycles. The van der Waals surface area contributed by atoms with Gasteiger partial charge in [0.2, 0.25) is 0 Å². The molecule has 4 heteroatoms. The third kappa shape index (κ3) is 1.93. The molecule has 0 heterocycles. The molecule has 0 saturated heterocycles. The Morgan fingerprint density at radius 2 is 2.08 bits per heavy atom.